The van der Waals surface area contributed by atoms with Crippen molar-refractivity contribution in [1.29, 1.82) is 0 Å². The molecule has 1 heterocycles. The van der Waals surface area contributed by atoms with Crippen molar-refractivity contribution in [3.8, 4) is 0 Å². The zero-order valence-electron chi connectivity index (χ0n) is 19.5. The number of anilines is 2. The summed E-state index contributed by atoms with van der Waals surface area (Å²) in [7, 11) is 0. The average Bonchev–Trinajstić information content (AvgIpc) is 2.80. The van der Waals surface area contributed by atoms with Gasteiger partial charge in [0.05, 0.1) is 15.6 Å². The lowest BCUT2D eigenvalue weighted by Crippen LogP contribution is -2.42. The molecule has 0 unspecified atom stereocenters. The van der Waals surface area contributed by atoms with Gasteiger partial charge in [-0.15, -0.1) is 0 Å². The Bertz CT molecular complexity index is 1130. The van der Waals surface area contributed by atoms with Crippen LogP contribution in [0.15, 0.2) is 66.9 Å². The summed E-state index contributed by atoms with van der Waals surface area (Å²) in [5.41, 5.74) is 1.55. The lowest BCUT2D eigenvalue weighted by Gasteiger charge is -2.28. The van der Waals surface area contributed by atoms with Crippen LogP contribution in [-0.4, -0.2) is 40.1 Å². The van der Waals surface area contributed by atoms with Crippen molar-refractivity contribution >= 4 is 46.6 Å². The van der Waals surface area contributed by atoms with Gasteiger partial charge in [0.15, 0.2) is 0 Å². The van der Waals surface area contributed by atoms with E-state index in [-0.39, 0.29) is 27.6 Å². The van der Waals surface area contributed by atoms with Crippen LogP contribution >= 0.6 is 23.2 Å². The summed E-state index contributed by atoms with van der Waals surface area (Å²) in [6, 6.07) is 16.8. The van der Waals surface area contributed by atoms with E-state index in [1.807, 2.05) is 42.5 Å². The summed E-state index contributed by atoms with van der Waals surface area (Å²) >= 11 is 12.1. The van der Waals surface area contributed by atoms with E-state index in [0.29, 0.717) is 0 Å². The number of hydrogen-bond donors (Lipinski definition) is 4. The highest BCUT2D eigenvalue weighted by atomic mass is 35.5. The molecular formula is C26H28Cl2N4O3. The highest BCUT2D eigenvalue weighted by Crippen LogP contribution is 2.24. The second-order valence-corrected chi connectivity index (χ2v) is 9.58. The zero-order chi connectivity index (χ0) is 25.4. The minimum Gasteiger partial charge on any atom is -0.480 e. The number of amides is 1. The Morgan fingerprint density at radius 2 is 1.69 bits per heavy atom. The topological polar surface area (TPSA) is 103 Å². The fourth-order valence-electron chi connectivity index (χ4n) is 3.53. The molecule has 7 nitrogen and oxygen atoms in total. The van der Waals surface area contributed by atoms with Crippen LogP contribution in [0.1, 0.15) is 36.2 Å². The fraction of sp³-hybridized carbons (Fsp3) is 0.269. The molecule has 1 atom stereocenters. The first-order chi connectivity index (χ1) is 16.6. The standard InChI is InChI=1S/C26H28Cl2N4O3/c1-26(2,13-15-30-22-8-3-4-14-29-22)32-18-11-9-17(10-12-18)16-21(25(34)35)31-24(33)23-19(27)6-5-7-20(23)28/h3-12,14,21,32H,13,15-16H2,1-2H3,(H,29,30)(H,31,33)(H,34,35)/t21-/m1/s1. The van der Waals surface area contributed by atoms with Crippen molar-refractivity contribution in [2.75, 3.05) is 17.2 Å². The van der Waals surface area contributed by atoms with E-state index < -0.39 is 17.9 Å². The number of aliphatic carboxylic acids is 1. The van der Waals surface area contributed by atoms with Crippen LogP contribution < -0.4 is 16.0 Å². The number of benzene rings is 2. The Balaban J connectivity index is 1.57. The van der Waals surface area contributed by atoms with Gasteiger partial charge in [0.2, 0.25) is 0 Å². The SMILES string of the molecule is CC(C)(CCNc1ccccn1)Nc1ccc(C[C@@H](NC(=O)c2c(Cl)cccc2Cl)C(=O)O)cc1. The molecule has 0 aliphatic rings. The van der Waals surface area contributed by atoms with E-state index in [0.717, 1.165) is 30.0 Å². The van der Waals surface area contributed by atoms with Crippen molar-refractivity contribution < 1.29 is 14.7 Å². The molecule has 9 heteroatoms. The van der Waals surface area contributed by atoms with Gasteiger partial charge in [-0.25, -0.2) is 9.78 Å². The smallest absolute Gasteiger partial charge is 0.326 e. The monoisotopic (exact) mass is 514 g/mol. The van der Waals surface area contributed by atoms with E-state index in [1.165, 1.54) is 12.1 Å². The summed E-state index contributed by atoms with van der Waals surface area (Å²) in [4.78, 5) is 28.7. The molecule has 2 aromatic carbocycles. The molecule has 3 aromatic rings. The van der Waals surface area contributed by atoms with Crippen molar-refractivity contribution in [3.63, 3.8) is 0 Å². The molecule has 184 valence electrons. The highest BCUT2D eigenvalue weighted by Gasteiger charge is 2.24. The molecular weight excluding hydrogens is 487 g/mol. The number of carboxylic acids is 1. The van der Waals surface area contributed by atoms with Crippen molar-refractivity contribution in [2.24, 2.45) is 0 Å². The van der Waals surface area contributed by atoms with Gasteiger partial charge in [0.25, 0.3) is 5.91 Å². The Morgan fingerprint density at radius 3 is 2.29 bits per heavy atom. The van der Waals surface area contributed by atoms with Gasteiger partial charge < -0.3 is 21.1 Å². The quantitative estimate of drug-likeness (QED) is 0.269. The molecule has 0 saturated carbocycles. The van der Waals surface area contributed by atoms with Gasteiger partial charge in [-0.2, -0.15) is 0 Å². The Labute approximate surface area is 214 Å². The maximum absolute atomic E-state index is 12.6. The highest BCUT2D eigenvalue weighted by molar-refractivity contribution is 6.39. The summed E-state index contributed by atoms with van der Waals surface area (Å²) in [5, 5.41) is 19.3. The first kappa shape index (κ1) is 26.3. The largest absolute Gasteiger partial charge is 0.480 e. The molecule has 0 aliphatic carbocycles. The Kier molecular flexibility index (Phi) is 8.95. The number of nitrogens with zero attached hydrogens (tertiary/aromatic N) is 1. The van der Waals surface area contributed by atoms with Crippen molar-refractivity contribution in [2.45, 2.75) is 38.3 Å². The lowest BCUT2D eigenvalue weighted by atomic mass is 9.99. The molecule has 35 heavy (non-hydrogen) atoms. The maximum atomic E-state index is 12.6. The number of halogens is 2. The first-order valence-electron chi connectivity index (χ1n) is 11.1. The van der Waals surface area contributed by atoms with E-state index in [2.05, 4.69) is 34.8 Å². The predicted molar refractivity (Wildman–Crippen MR) is 141 cm³/mol. The van der Waals surface area contributed by atoms with Crippen LogP contribution in [0.25, 0.3) is 0 Å². The number of carboxylic acid groups (broad SMARTS) is 1. The summed E-state index contributed by atoms with van der Waals surface area (Å²) in [6.07, 6.45) is 2.71. The number of hydrogen-bond acceptors (Lipinski definition) is 5. The molecule has 0 saturated heterocycles. The minimum absolute atomic E-state index is 0.0569. The molecule has 0 radical (unpaired) electrons. The Hall–Kier alpha value is -3.29. The molecule has 4 N–H and O–H groups in total. The molecule has 0 aliphatic heterocycles. The van der Waals surface area contributed by atoms with Crippen LogP contribution in [0.2, 0.25) is 10.0 Å². The molecule has 3 rings (SSSR count). The van der Waals surface area contributed by atoms with Gasteiger partial charge in [0, 0.05) is 30.4 Å². The van der Waals surface area contributed by atoms with Crippen molar-refractivity contribution in [1.82, 2.24) is 10.3 Å². The van der Waals surface area contributed by atoms with E-state index in [4.69, 9.17) is 23.2 Å². The summed E-state index contributed by atoms with van der Waals surface area (Å²) in [5.74, 6) is -0.942. The number of carbonyl (C=O) groups excluding carboxylic acids is 1. The minimum atomic E-state index is -1.15. The third-order valence-electron chi connectivity index (χ3n) is 5.39. The average molecular weight is 515 g/mol. The summed E-state index contributed by atoms with van der Waals surface area (Å²) in [6.45, 7) is 4.97. The van der Waals surface area contributed by atoms with Gasteiger partial charge in [-0.05, 0) is 62.2 Å². The van der Waals surface area contributed by atoms with Gasteiger partial charge >= 0.3 is 5.97 Å². The second kappa shape index (κ2) is 11.9. The normalized spacial score (nSPS) is 12.0. The molecule has 0 spiro atoms. The second-order valence-electron chi connectivity index (χ2n) is 8.76. The van der Waals surface area contributed by atoms with Gasteiger partial charge in [-0.1, -0.05) is 47.5 Å². The van der Waals surface area contributed by atoms with Gasteiger partial charge in [-0.3, -0.25) is 4.79 Å². The molecule has 0 bridgehead atoms. The number of rotatable bonds is 11. The zero-order valence-corrected chi connectivity index (χ0v) is 21.0. The molecule has 1 amide bonds. The number of pyridine rings is 1. The Morgan fingerprint density at radius 1 is 1.00 bits per heavy atom. The van der Waals surface area contributed by atoms with Crippen LogP contribution in [0, 0.1) is 0 Å². The number of aromatic nitrogens is 1. The van der Waals surface area contributed by atoms with E-state index >= 15 is 0 Å². The first-order valence-corrected chi connectivity index (χ1v) is 11.9. The van der Waals surface area contributed by atoms with Crippen LogP contribution in [0.3, 0.4) is 0 Å². The van der Waals surface area contributed by atoms with E-state index in [9.17, 15) is 14.7 Å². The van der Waals surface area contributed by atoms with Crippen LogP contribution in [-0.2, 0) is 11.2 Å². The summed E-state index contributed by atoms with van der Waals surface area (Å²) < 4.78 is 0. The van der Waals surface area contributed by atoms with Crippen molar-refractivity contribution in [3.05, 3.63) is 88.0 Å². The van der Waals surface area contributed by atoms with Crippen LogP contribution in [0.4, 0.5) is 11.5 Å². The molecule has 1 aromatic heterocycles. The molecule has 0 fully saturated rings. The number of carbonyl (C=O) groups is 2. The lowest BCUT2D eigenvalue weighted by molar-refractivity contribution is -0.139. The number of nitrogens with one attached hydrogen (secondary N) is 3. The van der Waals surface area contributed by atoms with Gasteiger partial charge in [0.1, 0.15) is 11.9 Å². The maximum Gasteiger partial charge on any atom is 0.326 e. The third-order valence-corrected chi connectivity index (χ3v) is 6.02. The predicted octanol–water partition coefficient (Wildman–Crippen LogP) is 5.51. The fourth-order valence-corrected chi connectivity index (χ4v) is 4.10. The third kappa shape index (κ3) is 7.87. The van der Waals surface area contributed by atoms with Crippen LogP contribution in [0.5, 0.6) is 0 Å². The van der Waals surface area contributed by atoms with E-state index in [1.54, 1.807) is 12.3 Å².